The van der Waals surface area contributed by atoms with Gasteiger partial charge in [0.05, 0.1) is 13.2 Å². The Morgan fingerprint density at radius 1 is 1.14 bits per heavy atom. The second-order valence-corrected chi connectivity index (χ2v) is 7.10. The van der Waals surface area contributed by atoms with Crippen molar-refractivity contribution in [2.24, 2.45) is 5.92 Å². The van der Waals surface area contributed by atoms with Crippen LogP contribution in [-0.2, 0) is 20.7 Å². The van der Waals surface area contributed by atoms with Crippen LogP contribution in [0.2, 0.25) is 0 Å². The van der Waals surface area contributed by atoms with Gasteiger partial charge in [0.1, 0.15) is 6.04 Å². The van der Waals surface area contributed by atoms with Gasteiger partial charge < -0.3 is 25.2 Å². The molecule has 8 nitrogen and oxygen atoms in total. The molecule has 0 unspecified atom stereocenters. The van der Waals surface area contributed by atoms with E-state index in [9.17, 15) is 24.6 Å². The lowest BCUT2D eigenvalue weighted by Crippen LogP contribution is -2.52. The number of aliphatic carboxylic acids is 1. The molecule has 0 heterocycles. The molecule has 0 fully saturated rings. The number of benzene rings is 1. The van der Waals surface area contributed by atoms with Gasteiger partial charge in [-0.2, -0.15) is 0 Å². The summed E-state index contributed by atoms with van der Waals surface area (Å²) in [7, 11) is 0. The van der Waals surface area contributed by atoms with Crippen LogP contribution in [0, 0.1) is 12.8 Å². The van der Waals surface area contributed by atoms with Crippen LogP contribution in [0.4, 0.5) is 4.79 Å². The maximum absolute atomic E-state index is 12.6. The van der Waals surface area contributed by atoms with Gasteiger partial charge in [0.25, 0.3) is 0 Å². The average molecular weight is 394 g/mol. The summed E-state index contributed by atoms with van der Waals surface area (Å²) < 4.78 is 4.76. The lowest BCUT2D eigenvalue weighted by atomic mass is 10.0. The molecule has 28 heavy (non-hydrogen) atoms. The van der Waals surface area contributed by atoms with Gasteiger partial charge in [-0.3, -0.25) is 0 Å². The monoisotopic (exact) mass is 394 g/mol. The van der Waals surface area contributed by atoms with E-state index in [1.54, 1.807) is 6.92 Å². The van der Waals surface area contributed by atoms with Crippen molar-refractivity contribution < 1.29 is 29.3 Å². The number of carboxylic acids is 1. The molecule has 1 rings (SSSR count). The number of nitrogens with one attached hydrogen (secondary N) is 1. The second kappa shape index (κ2) is 11.3. The predicted molar refractivity (Wildman–Crippen MR) is 104 cm³/mol. The zero-order valence-corrected chi connectivity index (χ0v) is 16.8. The predicted octanol–water partition coefficient (Wildman–Crippen LogP) is 1.58. The van der Waals surface area contributed by atoms with Crippen molar-refractivity contribution in [3.8, 4) is 0 Å². The van der Waals surface area contributed by atoms with Crippen molar-refractivity contribution in [1.82, 2.24) is 10.2 Å². The molecule has 0 bridgehead atoms. The molecule has 0 aromatic heterocycles. The number of esters is 1. The summed E-state index contributed by atoms with van der Waals surface area (Å²) in [5, 5.41) is 21.9. The Hall–Kier alpha value is -2.61. The highest BCUT2D eigenvalue weighted by atomic mass is 16.5. The highest BCUT2D eigenvalue weighted by molar-refractivity contribution is 5.83. The van der Waals surface area contributed by atoms with Gasteiger partial charge in [0.15, 0.2) is 6.10 Å². The lowest BCUT2D eigenvalue weighted by Gasteiger charge is -2.28. The number of nitrogens with zero attached hydrogens (tertiary/aromatic N) is 1. The second-order valence-electron chi connectivity index (χ2n) is 7.10. The summed E-state index contributed by atoms with van der Waals surface area (Å²) >= 11 is 0. The smallest absolute Gasteiger partial charge is 0.336 e. The number of ether oxygens (including phenoxy) is 1. The summed E-state index contributed by atoms with van der Waals surface area (Å²) in [6, 6.07) is 5.58. The zero-order valence-electron chi connectivity index (χ0n) is 16.8. The largest absolute Gasteiger partial charge is 0.480 e. The first kappa shape index (κ1) is 23.4. The Labute approximate surface area is 165 Å². The molecule has 0 aliphatic carbocycles. The number of carbonyl (C=O) groups excluding carboxylic acids is 2. The van der Waals surface area contributed by atoms with Crippen LogP contribution in [0.25, 0.3) is 0 Å². The summed E-state index contributed by atoms with van der Waals surface area (Å²) in [5.41, 5.74) is 1.83. The van der Waals surface area contributed by atoms with Gasteiger partial charge in [-0.05, 0) is 25.3 Å². The molecule has 0 saturated carbocycles. The number of hydrogen-bond acceptors (Lipinski definition) is 5. The number of amides is 2. The number of rotatable bonds is 10. The number of hydrogen-bond donors (Lipinski definition) is 3. The van der Waals surface area contributed by atoms with E-state index in [1.807, 2.05) is 45.0 Å². The summed E-state index contributed by atoms with van der Waals surface area (Å²) in [5.74, 6) is -1.93. The molecule has 1 aromatic rings. The van der Waals surface area contributed by atoms with Gasteiger partial charge in [0.2, 0.25) is 0 Å². The minimum absolute atomic E-state index is 0.0560. The molecule has 0 spiro atoms. The Kier molecular flexibility index (Phi) is 9.44. The standard InChI is InChI=1S/C20H30N2O6/c1-5-28-19(26)17(23)12-22(11-13(2)3)20(27)21-16(18(24)25)10-15-8-6-14(4)7-9-15/h6-9,13,16-17,23H,5,10-12H2,1-4H3,(H,21,27)(H,24,25)/t16-,17-/m0/s1. The van der Waals surface area contributed by atoms with Crippen molar-refractivity contribution >= 4 is 18.0 Å². The number of aliphatic hydroxyl groups is 1. The Morgan fingerprint density at radius 2 is 1.75 bits per heavy atom. The summed E-state index contributed by atoms with van der Waals surface area (Å²) in [6.45, 7) is 7.38. The fourth-order valence-electron chi connectivity index (χ4n) is 2.60. The van der Waals surface area contributed by atoms with Gasteiger partial charge in [0, 0.05) is 13.0 Å². The first-order chi connectivity index (χ1) is 13.1. The maximum Gasteiger partial charge on any atom is 0.336 e. The van der Waals surface area contributed by atoms with E-state index in [4.69, 9.17) is 4.74 Å². The van der Waals surface area contributed by atoms with Crippen molar-refractivity contribution in [2.45, 2.75) is 46.3 Å². The zero-order chi connectivity index (χ0) is 21.3. The first-order valence-electron chi connectivity index (χ1n) is 9.32. The van der Waals surface area contributed by atoms with Crippen LogP contribution in [-0.4, -0.2) is 64.9 Å². The molecule has 2 atom stereocenters. The first-order valence-corrected chi connectivity index (χ1v) is 9.32. The van der Waals surface area contributed by atoms with Crippen LogP contribution in [0.3, 0.4) is 0 Å². The minimum Gasteiger partial charge on any atom is -0.480 e. The number of aliphatic hydroxyl groups excluding tert-OH is 1. The fraction of sp³-hybridized carbons (Fsp3) is 0.550. The highest BCUT2D eigenvalue weighted by Gasteiger charge is 2.27. The Bertz CT molecular complexity index is 659. The molecule has 156 valence electrons. The van der Waals surface area contributed by atoms with E-state index >= 15 is 0 Å². The van der Waals surface area contributed by atoms with E-state index in [0.29, 0.717) is 0 Å². The van der Waals surface area contributed by atoms with Crippen LogP contribution >= 0.6 is 0 Å². The quantitative estimate of drug-likeness (QED) is 0.519. The molecule has 8 heteroatoms. The Balaban J connectivity index is 2.85. The third kappa shape index (κ3) is 7.96. The number of carboxylic acid groups (broad SMARTS) is 1. The SMILES string of the molecule is CCOC(=O)[C@@H](O)CN(CC(C)C)C(=O)N[C@@H](Cc1ccc(C)cc1)C(=O)O. The fourth-order valence-corrected chi connectivity index (χ4v) is 2.60. The molecule has 0 saturated heterocycles. The number of urea groups is 1. The van der Waals surface area contributed by atoms with Gasteiger partial charge in [-0.1, -0.05) is 43.7 Å². The molecule has 0 radical (unpaired) electrons. The average Bonchev–Trinajstić information content (AvgIpc) is 2.61. The number of carbonyl (C=O) groups is 3. The third-order valence-electron chi connectivity index (χ3n) is 3.98. The van der Waals surface area contributed by atoms with Crippen molar-refractivity contribution in [1.29, 1.82) is 0 Å². The summed E-state index contributed by atoms with van der Waals surface area (Å²) in [4.78, 5) is 37.1. The van der Waals surface area contributed by atoms with Crippen molar-refractivity contribution in [3.05, 3.63) is 35.4 Å². The van der Waals surface area contributed by atoms with E-state index < -0.39 is 30.1 Å². The molecule has 2 amide bonds. The maximum atomic E-state index is 12.6. The van der Waals surface area contributed by atoms with Crippen molar-refractivity contribution in [3.63, 3.8) is 0 Å². The van der Waals surface area contributed by atoms with Crippen LogP contribution in [0.1, 0.15) is 31.9 Å². The number of aryl methyl sites for hydroxylation is 1. The van der Waals surface area contributed by atoms with Gasteiger partial charge >= 0.3 is 18.0 Å². The topological polar surface area (TPSA) is 116 Å². The van der Waals surface area contributed by atoms with Gasteiger partial charge in [-0.25, -0.2) is 14.4 Å². The van der Waals surface area contributed by atoms with Gasteiger partial charge in [-0.15, -0.1) is 0 Å². The molecule has 1 aromatic carbocycles. The van der Waals surface area contributed by atoms with E-state index in [-0.39, 0.29) is 32.0 Å². The molecule has 0 aliphatic rings. The molecular weight excluding hydrogens is 364 g/mol. The van der Waals surface area contributed by atoms with E-state index in [2.05, 4.69) is 5.32 Å². The molecular formula is C20H30N2O6. The van der Waals surface area contributed by atoms with E-state index in [0.717, 1.165) is 11.1 Å². The van der Waals surface area contributed by atoms with Crippen LogP contribution in [0.5, 0.6) is 0 Å². The minimum atomic E-state index is -1.50. The van der Waals surface area contributed by atoms with Crippen LogP contribution < -0.4 is 5.32 Å². The van der Waals surface area contributed by atoms with Crippen LogP contribution in [0.15, 0.2) is 24.3 Å². The molecule has 0 aliphatic heterocycles. The molecule has 3 N–H and O–H groups in total. The lowest BCUT2D eigenvalue weighted by molar-refractivity contribution is -0.153. The third-order valence-corrected chi connectivity index (χ3v) is 3.98. The van der Waals surface area contributed by atoms with E-state index in [1.165, 1.54) is 4.90 Å². The normalized spacial score (nSPS) is 12.9. The highest BCUT2D eigenvalue weighted by Crippen LogP contribution is 2.08. The van der Waals surface area contributed by atoms with Crippen molar-refractivity contribution in [2.75, 3.05) is 19.7 Å². The summed E-state index contributed by atoms with van der Waals surface area (Å²) in [6.07, 6.45) is -1.37. The Morgan fingerprint density at radius 3 is 2.25 bits per heavy atom.